The highest BCUT2D eigenvalue weighted by atomic mass is 16.5. The van der Waals surface area contributed by atoms with Gasteiger partial charge in [0.15, 0.2) is 0 Å². The molecule has 0 N–H and O–H groups in total. The molecule has 0 aromatic carbocycles. The molecule has 0 unspecified atom stereocenters. The summed E-state index contributed by atoms with van der Waals surface area (Å²) in [6.45, 7) is 5.88. The molecule has 1 fully saturated rings. The van der Waals surface area contributed by atoms with Gasteiger partial charge in [-0.15, -0.1) is 6.58 Å². The summed E-state index contributed by atoms with van der Waals surface area (Å²) in [4.78, 5) is 10.6. The number of carbonyl (C=O) groups is 1. The summed E-state index contributed by atoms with van der Waals surface area (Å²) in [5, 5.41) is 0. The summed E-state index contributed by atoms with van der Waals surface area (Å²) in [6.07, 6.45) is 6.79. The fourth-order valence-electron chi connectivity index (χ4n) is 1.83. The van der Waals surface area contributed by atoms with Gasteiger partial charge in [-0.3, -0.25) is 4.79 Å². The van der Waals surface area contributed by atoms with Gasteiger partial charge in [0.1, 0.15) is 0 Å². The molecule has 2 nitrogen and oxygen atoms in total. The quantitative estimate of drug-likeness (QED) is 0.495. The molecule has 1 saturated carbocycles. The maximum Gasteiger partial charge on any atom is 0.302 e. The van der Waals surface area contributed by atoms with Crippen LogP contribution in [0.1, 0.15) is 32.6 Å². The van der Waals surface area contributed by atoms with Crippen LogP contribution in [-0.4, -0.2) is 12.6 Å². The zero-order valence-electron chi connectivity index (χ0n) is 8.29. The standard InChI is InChI=1S/C11H18O2/c1-3-10-4-6-11(7-5-10)8-13-9(2)12/h3,10-11H,1,4-8H2,2H3. The molecular weight excluding hydrogens is 164 g/mol. The highest BCUT2D eigenvalue weighted by molar-refractivity contribution is 5.65. The van der Waals surface area contributed by atoms with Crippen LogP contribution in [-0.2, 0) is 9.53 Å². The first-order valence-electron chi connectivity index (χ1n) is 4.98. The normalized spacial score (nSPS) is 28.1. The SMILES string of the molecule is C=CC1CCC(COC(C)=O)CC1. The number of carbonyl (C=O) groups excluding carboxylic acids is 1. The van der Waals surface area contributed by atoms with E-state index in [1.165, 1.54) is 32.6 Å². The molecule has 0 aliphatic heterocycles. The summed E-state index contributed by atoms with van der Waals surface area (Å²) < 4.78 is 4.99. The second-order valence-electron chi connectivity index (χ2n) is 3.82. The summed E-state index contributed by atoms with van der Waals surface area (Å²) in [5.41, 5.74) is 0. The van der Waals surface area contributed by atoms with Crippen LogP contribution in [0, 0.1) is 11.8 Å². The second-order valence-corrected chi connectivity index (χ2v) is 3.82. The average molecular weight is 182 g/mol. The van der Waals surface area contributed by atoms with Crippen molar-refractivity contribution in [2.75, 3.05) is 6.61 Å². The predicted octanol–water partition coefficient (Wildman–Crippen LogP) is 2.54. The minimum Gasteiger partial charge on any atom is -0.466 e. The van der Waals surface area contributed by atoms with E-state index in [4.69, 9.17) is 4.74 Å². The monoisotopic (exact) mass is 182 g/mol. The van der Waals surface area contributed by atoms with Crippen molar-refractivity contribution in [3.8, 4) is 0 Å². The fraction of sp³-hybridized carbons (Fsp3) is 0.727. The van der Waals surface area contributed by atoms with Crippen molar-refractivity contribution in [1.82, 2.24) is 0 Å². The van der Waals surface area contributed by atoms with Crippen LogP contribution in [0.4, 0.5) is 0 Å². The fourth-order valence-corrected chi connectivity index (χ4v) is 1.83. The lowest BCUT2D eigenvalue weighted by Gasteiger charge is -2.25. The Bertz CT molecular complexity index is 179. The van der Waals surface area contributed by atoms with Crippen LogP contribution in [0.15, 0.2) is 12.7 Å². The summed E-state index contributed by atoms with van der Waals surface area (Å²) >= 11 is 0. The van der Waals surface area contributed by atoms with Crippen LogP contribution >= 0.6 is 0 Å². The largest absolute Gasteiger partial charge is 0.466 e. The van der Waals surface area contributed by atoms with Crippen LogP contribution in [0.5, 0.6) is 0 Å². The molecule has 0 aromatic rings. The number of hydrogen-bond donors (Lipinski definition) is 0. The van der Waals surface area contributed by atoms with Gasteiger partial charge in [-0.25, -0.2) is 0 Å². The first-order chi connectivity index (χ1) is 6.22. The van der Waals surface area contributed by atoms with E-state index in [9.17, 15) is 4.79 Å². The Morgan fingerprint density at radius 3 is 2.54 bits per heavy atom. The zero-order valence-corrected chi connectivity index (χ0v) is 8.29. The van der Waals surface area contributed by atoms with E-state index < -0.39 is 0 Å². The maximum atomic E-state index is 10.6. The van der Waals surface area contributed by atoms with Gasteiger partial charge in [0.05, 0.1) is 6.61 Å². The molecular formula is C11H18O2. The van der Waals surface area contributed by atoms with Crippen LogP contribution in [0.2, 0.25) is 0 Å². The topological polar surface area (TPSA) is 26.3 Å². The van der Waals surface area contributed by atoms with Crippen molar-refractivity contribution in [2.24, 2.45) is 11.8 Å². The Labute approximate surface area is 80.0 Å². The van der Waals surface area contributed by atoms with E-state index in [0.717, 1.165) is 0 Å². The van der Waals surface area contributed by atoms with Gasteiger partial charge < -0.3 is 4.74 Å². The number of allylic oxidation sites excluding steroid dienone is 1. The third-order valence-electron chi connectivity index (χ3n) is 2.75. The summed E-state index contributed by atoms with van der Waals surface area (Å²) in [5.74, 6) is 1.11. The minimum absolute atomic E-state index is 0.161. The lowest BCUT2D eigenvalue weighted by Crippen LogP contribution is -2.18. The smallest absolute Gasteiger partial charge is 0.302 e. The zero-order chi connectivity index (χ0) is 9.68. The van der Waals surface area contributed by atoms with Gasteiger partial charge in [-0.1, -0.05) is 6.08 Å². The molecule has 1 aliphatic rings. The van der Waals surface area contributed by atoms with Crippen molar-refractivity contribution >= 4 is 5.97 Å². The molecule has 2 heteroatoms. The molecule has 0 aromatic heterocycles. The van der Waals surface area contributed by atoms with Crippen LogP contribution < -0.4 is 0 Å². The third-order valence-corrected chi connectivity index (χ3v) is 2.75. The number of rotatable bonds is 3. The van der Waals surface area contributed by atoms with Crippen LogP contribution in [0.25, 0.3) is 0 Å². The van der Waals surface area contributed by atoms with Gasteiger partial charge in [0.25, 0.3) is 0 Å². The van der Waals surface area contributed by atoms with Gasteiger partial charge in [0, 0.05) is 6.92 Å². The average Bonchev–Trinajstić information content (AvgIpc) is 2.15. The van der Waals surface area contributed by atoms with Gasteiger partial charge in [0.2, 0.25) is 0 Å². The van der Waals surface area contributed by atoms with Crippen molar-refractivity contribution in [3.05, 3.63) is 12.7 Å². The summed E-state index contributed by atoms with van der Waals surface area (Å²) in [7, 11) is 0. The molecule has 1 rings (SSSR count). The summed E-state index contributed by atoms with van der Waals surface area (Å²) in [6, 6.07) is 0. The lowest BCUT2D eigenvalue weighted by atomic mass is 9.82. The Hall–Kier alpha value is -0.790. The maximum absolute atomic E-state index is 10.6. The lowest BCUT2D eigenvalue weighted by molar-refractivity contribution is -0.142. The molecule has 0 radical (unpaired) electrons. The Balaban J connectivity index is 2.17. The molecule has 13 heavy (non-hydrogen) atoms. The van der Waals surface area contributed by atoms with Crippen molar-refractivity contribution in [2.45, 2.75) is 32.6 Å². The highest BCUT2D eigenvalue weighted by Gasteiger charge is 2.19. The first-order valence-corrected chi connectivity index (χ1v) is 4.98. The van der Waals surface area contributed by atoms with E-state index in [1.54, 1.807) is 0 Å². The van der Waals surface area contributed by atoms with E-state index in [1.807, 2.05) is 6.08 Å². The first kappa shape index (κ1) is 10.3. The van der Waals surface area contributed by atoms with Crippen molar-refractivity contribution < 1.29 is 9.53 Å². The molecule has 74 valence electrons. The molecule has 0 amide bonds. The predicted molar refractivity (Wildman–Crippen MR) is 52.3 cm³/mol. The Kier molecular flexibility index (Phi) is 4.00. The minimum atomic E-state index is -0.161. The van der Waals surface area contributed by atoms with Crippen LogP contribution in [0.3, 0.4) is 0 Å². The Morgan fingerprint density at radius 2 is 2.08 bits per heavy atom. The Morgan fingerprint density at radius 1 is 1.46 bits per heavy atom. The molecule has 0 spiro atoms. The third kappa shape index (κ3) is 3.62. The molecule has 0 heterocycles. The van der Waals surface area contributed by atoms with Gasteiger partial charge in [-0.05, 0) is 37.5 Å². The molecule has 0 atom stereocenters. The number of hydrogen-bond acceptors (Lipinski definition) is 2. The molecule has 1 aliphatic carbocycles. The highest BCUT2D eigenvalue weighted by Crippen LogP contribution is 2.29. The van der Waals surface area contributed by atoms with E-state index in [-0.39, 0.29) is 5.97 Å². The van der Waals surface area contributed by atoms with E-state index in [0.29, 0.717) is 18.4 Å². The van der Waals surface area contributed by atoms with Crippen molar-refractivity contribution in [1.29, 1.82) is 0 Å². The van der Waals surface area contributed by atoms with Gasteiger partial charge in [-0.2, -0.15) is 0 Å². The van der Waals surface area contributed by atoms with Crippen molar-refractivity contribution in [3.63, 3.8) is 0 Å². The van der Waals surface area contributed by atoms with E-state index in [2.05, 4.69) is 6.58 Å². The second kappa shape index (κ2) is 5.05. The number of esters is 1. The number of ether oxygens (including phenoxy) is 1. The molecule has 0 bridgehead atoms. The van der Waals surface area contributed by atoms with E-state index >= 15 is 0 Å². The molecule has 0 saturated heterocycles. The van der Waals surface area contributed by atoms with Gasteiger partial charge >= 0.3 is 5.97 Å².